The molecule has 0 aliphatic heterocycles. The first-order valence-corrected chi connectivity index (χ1v) is 9.29. The number of rotatable bonds is 4. The molecular weight excluding hydrogens is 412 g/mol. The van der Waals surface area contributed by atoms with E-state index in [4.69, 9.17) is 25.2 Å². The van der Waals surface area contributed by atoms with Gasteiger partial charge in [0.05, 0.1) is 12.7 Å². The van der Waals surface area contributed by atoms with Gasteiger partial charge in [0.15, 0.2) is 6.10 Å². The van der Waals surface area contributed by atoms with Crippen molar-refractivity contribution in [1.29, 1.82) is 0 Å². The number of fused-ring (bicyclic) bond motifs is 2. The molecule has 0 bridgehead atoms. The standard InChI is InChI=1S/C22H15ClO7/c1-11(21(25)27-2)28-14-4-5-15-16(10-20(24)29-19(15)9-14)17-8-12-7-13(23)3-6-18(12)30-22(17)26/h3-11H,1-2H3. The molecule has 30 heavy (non-hydrogen) atoms. The molecule has 0 amide bonds. The minimum Gasteiger partial charge on any atom is -0.479 e. The maximum atomic E-state index is 12.6. The van der Waals surface area contributed by atoms with Crippen molar-refractivity contribution in [2.45, 2.75) is 13.0 Å². The number of halogens is 1. The van der Waals surface area contributed by atoms with Gasteiger partial charge in [-0.1, -0.05) is 11.6 Å². The molecule has 7 nitrogen and oxygen atoms in total. The number of carbonyl (C=O) groups is 1. The molecule has 2 heterocycles. The second-order valence-corrected chi connectivity index (χ2v) is 6.99. The Morgan fingerprint density at radius 2 is 1.77 bits per heavy atom. The lowest BCUT2D eigenvalue weighted by atomic mass is 10.0. The number of esters is 1. The summed E-state index contributed by atoms with van der Waals surface area (Å²) in [5.74, 6) is -0.240. The van der Waals surface area contributed by atoms with Gasteiger partial charge in [0.1, 0.15) is 16.9 Å². The topological polar surface area (TPSA) is 96.0 Å². The Labute approximate surface area is 174 Å². The van der Waals surface area contributed by atoms with Crippen molar-refractivity contribution in [1.82, 2.24) is 0 Å². The molecule has 0 N–H and O–H groups in total. The lowest BCUT2D eigenvalue weighted by molar-refractivity contribution is -0.147. The first-order chi connectivity index (χ1) is 14.4. The van der Waals surface area contributed by atoms with Gasteiger partial charge in [-0.2, -0.15) is 0 Å². The van der Waals surface area contributed by atoms with Gasteiger partial charge in [-0.25, -0.2) is 14.4 Å². The van der Waals surface area contributed by atoms with Crippen LogP contribution in [0, 0.1) is 0 Å². The van der Waals surface area contributed by atoms with Gasteiger partial charge in [0.2, 0.25) is 0 Å². The summed E-state index contributed by atoms with van der Waals surface area (Å²) in [6.45, 7) is 1.54. The first kappa shape index (κ1) is 19.7. The normalized spacial score (nSPS) is 12.1. The van der Waals surface area contributed by atoms with Gasteiger partial charge < -0.3 is 18.3 Å². The molecule has 0 aliphatic carbocycles. The maximum Gasteiger partial charge on any atom is 0.346 e. The van der Waals surface area contributed by atoms with Gasteiger partial charge in [0, 0.05) is 33.5 Å². The Bertz CT molecular complexity index is 1400. The summed E-state index contributed by atoms with van der Waals surface area (Å²) in [5, 5.41) is 1.60. The van der Waals surface area contributed by atoms with E-state index in [1.165, 1.54) is 26.2 Å². The SMILES string of the molecule is COC(=O)C(C)Oc1ccc2c(-c3cc4cc(Cl)ccc4oc3=O)cc(=O)oc2c1. The van der Waals surface area contributed by atoms with E-state index in [1.807, 2.05) is 0 Å². The number of hydrogen-bond acceptors (Lipinski definition) is 7. The Morgan fingerprint density at radius 1 is 0.967 bits per heavy atom. The van der Waals surface area contributed by atoms with Crippen molar-refractivity contribution >= 4 is 39.5 Å². The number of ether oxygens (including phenoxy) is 2. The highest BCUT2D eigenvalue weighted by Crippen LogP contribution is 2.30. The van der Waals surface area contributed by atoms with E-state index in [0.717, 1.165) is 0 Å². The first-order valence-electron chi connectivity index (χ1n) is 8.92. The molecule has 2 aromatic heterocycles. The average Bonchev–Trinajstić information content (AvgIpc) is 2.72. The second kappa shape index (κ2) is 7.68. The molecule has 152 valence electrons. The van der Waals surface area contributed by atoms with Gasteiger partial charge in [-0.15, -0.1) is 0 Å². The smallest absolute Gasteiger partial charge is 0.346 e. The molecule has 2 aromatic carbocycles. The zero-order valence-corrected chi connectivity index (χ0v) is 16.7. The second-order valence-electron chi connectivity index (χ2n) is 6.55. The van der Waals surface area contributed by atoms with Gasteiger partial charge >= 0.3 is 17.2 Å². The highest BCUT2D eigenvalue weighted by Gasteiger charge is 2.17. The van der Waals surface area contributed by atoms with E-state index < -0.39 is 23.3 Å². The molecule has 0 saturated carbocycles. The van der Waals surface area contributed by atoms with Crippen molar-refractivity contribution < 1.29 is 23.1 Å². The fraction of sp³-hybridized carbons (Fsp3) is 0.136. The number of methoxy groups -OCH3 is 1. The van der Waals surface area contributed by atoms with Crippen LogP contribution in [0.3, 0.4) is 0 Å². The van der Waals surface area contributed by atoms with Crippen LogP contribution in [0.4, 0.5) is 0 Å². The fourth-order valence-electron chi connectivity index (χ4n) is 3.14. The molecular formula is C22H15ClO7. The van der Waals surface area contributed by atoms with Crippen LogP contribution in [-0.4, -0.2) is 19.2 Å². The van der Waals surface area contributed by atoms with Gasteiger partial charge in [0.25, 0.3) is 0 Å². The summed E-state index contributed by atoms with van der Waals surface area (Å²) in [4.78, 5) is 36.3. The van der Waals surface area contributed by atoms with Crippen LogP contribution >= 0.6 is 11.6 Å². The van der Waals surface area contributed by atoms with Crippen molar-refractivity contribution in [3.63, 3.8) is 0 Å². The van der Waals surface area contributed by atoms with E-state index in [-0.39, 0.29) is 11.1 Å². The Hall–Kier alpha value is -3.58. The van der Waals surface area contributed by atoms with Crippen molar-refractivity contribution in [2.24, 2.45) is 0 Å². The maximum absolute atomic E-state index is 12.6. The van der Waals surface area contributed by atoms with Crippen molar-refractivity contribution in [2.75, 3.05) is 7.11 Å². The number of carbonyl (C=O) groups excluding carboxylic acids is 1. The molecule has 4 rings (SSSR count). The van der Waals surface area contributed by atoms with Crippen molar-refractivity contribution in [3.05, 3.63) is 74.4 Å². The van der Waals surface area contributed by atoms with Crippen LogP contribution in [0.1, 0.15) is 6.92 Å². The largest absolute Gasteiger partial charge is 0.479 e. The summed E-state index contributed by atoms with van der Waals surface area (Å²) in [5.41, 5.74) is -0.133. The molecule has 0 radical (unpaired) electrons. The number of benzene rings is 2. The summed E-state index contributed by atoms with van der Waals surface area (Å²) in [7, 11) is 1.26. The lowest BCUT2D eigenvalue weighted by Gasteiger charge is -2.13. The Morgan fingerprint density at radius 3 is 2.53 bits per heavy atom. The van der Waals surface area contributed by atoms with Crippen LogP contribution in [0.15, 0.2) is 67.0 Å². The minimum atomic E-state index is -0.848. The highest BCUT2D eigenvalue weighted by molar-refractivity contribution is 6.31. The van der Waals surface area contributed by atoms with Crippen molar-refractivity contribution in [3.8, 4) is 16.9 Å². The van der Waals surface area contributed by atoms with E-state index in [1.54, 1.807) is 36.4 Å². The minimum absolute atomic E-state index is 0.192. The fourth-order valence-corrected chi connectivity index (χ4v) is 3.32. The molecule has 1 atom stereocenters. The highest BCUT2D eigenvalue weighted by atomic mass is 35.5. The van der Waals surface area contributed by atoms with Crippen LogP contribution in [0.25, 0.3) is 33.1 Å². The molecule has 0 saturated heterocycles. The van der Waals surface area contributed by atoms with Gasteiger partial charge in [-0.3, -0.25) is 0 Å². The third-order valence-corrected chi connectivity index (χ3v) is 4.78. The Kier molecular flexibility index (Phi) is 5.05. The van der Waals surface area contributed by atoms with E-state index >= 15 is 0 Å². The monoisotopic (exact) mass is 426 g/mol. The van der Waals surface area contributed by atoms with Crippen LogP contribution in [-0.2, 0) is 9.53 Å². The summed E-state index contributed by atoms with van der Waals surface area (Å²) in [6.07, 6.45) is -0.848. The molecule has 1 unspecified atom stereocenters. The molecule has 4 aromatic rings. The molecule has 0 spiro atoms. The Balaban J connectivity index is 1.87. The number of hydrogen-bond donors (Lipinski definition) is 0. The predicted octanol–water partition coefficient (Wildman–Crippen LogP) is 4.16. The van der Waals surface area contributed by atoms with E-state index in [9.17, 15) is 14.4 Å². The molecule has 0 fully saturated rings. The quantitative estimate of drug-likeness (QED) is 0.357. The summed E-state index contributed by atoms with van der Waals surface area (Å²) in [6, 6.07) is 12.4. The summed E-state index contributed by atoms with van der Waals surface area (Å²) >= 11 is 6.04. The zero-order valence-electron chi connectivity index (χ0n) is 15.9. The van der Waals surface area contributed by atoms with Crippen LogP contribution in [0.5, 0.6) is 5.75 Å². The predicted molar refractivity (Wildman–Crippen MR) is 111 cm³/mol. The third kappa shape index (κ3) is 3.67. The van der Waals surface area contributed by atoms with E-state index in [0.29, 0.717) is 32.7 Å². The lowest BCUT2D eigenvalue weighted by Crippen LogP contribution is -2.24. The van der Waals surface area contributed by atoms with Gasteiger partial charge in [-0.05, 0) is 43.3 Å². The van der Waals surface area contributed by atoms with Crippen LogP contribution < -0.4 is 16.0 Å². The summed E-state index contributed by atoms with van der Waals surface area (Å²) < 4.78 is 20.8. The van der Waals surface area contributed by atoms with E-state index in [2.05, 4.69) is 4.74 Å². The average molecular weight is 427 g/mol. The van der Waals surface area contributed by atoms with Crippen LogP contribution in [0.2, 0.25) is 5.02 Å². The molecule has 8 heteroatoms. The molecule has 0 aliphatic rings. The zero-order chi connectivity index (χ0) is 21.4. The third-order valence-electron chi connectivity index (χ3n) is 4.55.